The van der Waals surface area contributed by atoms with Gasteiger partial charge >= 0.3 is 5.97 Å². The molecule has 6 heteroatoms. The van der Waals surface area contributed by atoms with Crippen molar-refractivity contribution < 1.29 is 19.1 Å². The van der Waals surface area contributed by atoms with Crippen LogP contribution in [0, 0.1) is 11.7 Å². The first-order chi connectivity index (χ1) is 11.4. The van der Waals surface area contributed by atoms with E-state index in [9.17, 15) is 19.1 Å². The zero-order valence-electron chi connectivity index (χ0n) is 12.9. The van der Waals surface area contributed by atoms with E-state index in [1.54, 1.807) is 19.1 Å². The molecule has 1 heterocycles. The molecule has 4 nitrogen and oxygen atoms in total. The van der Waals surface area contributed by atoms with Gasteiger partial charge in [-0.25, -0.2) is 9.18 Å². The van der Waals surface area contributed by atoms with E-state index in [0.29, 0.717) is 12.1 Å². The number of hydrogen-bond acceptors (Lipinski definition) is 2. The molecule has 1 N–H and O–H groups in total. The molecule has 3 rings (SSSR count). The predicted molar refractivity (Wildman–Crippen MR) is 88.9 cm³/mol. The van der Waals surface area contributed by atoms with Gasteiger partial charge in [-0.1, -0.05) is 30.7 Å². The molecule has 1 aliphatic rings. The van der Waals surface area contributed by atoms with Crippen molar-refractivity contribution >= 4 is 29.2 Å². The molecule has 1 atom stereocenters. The number of aromatic carboxylic acids is 1. The van der Waals surface area contributed by atoms with Crippen LogP contribution in [0.3, 0.4) is 0 Å². The van der Waals surface area contributed by atoms with Crippen LogP contribution in [0.15, 0.2) is 36.4 Å². The van der Waals surface area contributed by atoms with E-state index in [4.69, 9.17) is 11.6 Å². The molecule has 0 fully saturated rings. The Morgan fingerprint density at radius 2 is 2.12 bits per heavy atom. The maximum absolute atomic E-state index is 14.1. The van der Waals surface area contributed by atoms with Crippen LogP contribution in [0.25, 0.3) is 0 Å². The number of carboxylic acid groups (broad SMARTS) is 1. The van der Waals surface area contributed by atoms with Crippen molar-refractivity contribution in [2.75, 3.05) is 4.90 Å². The van der Waals surface area contributed by atoms with Crippen molar-refractivity contribution in [2.45, 2.75) is 19.9 Å². The Kier molecular flexibility index (Phi) is 4.28. The summed E-state index contributed by atoms with van der Waals surface area (Å²) in [7, 11) is 0. The average molecular weight is 348 g/mol. The lowest BCUT2D eigenvalue weighted by molar-refractivity contribution is -0.122. The fourth-order valence-corrected chi connectivity index (χ4v) is 3.15. The summed E-state index contributed by atoms with van der Waals surface area (Å²) in [5, 5.41) is 9.42. The number of nitrogens with zero attached hydrogens (tertiary/aromatic N) is 1. The number of carbonyl (C=O) groups is 2. The third-order valence-electron chi connectivity index (χ3n) is 4.21. The second-order valence-electron chi connectivity index (χ2n) is 5.88. The highest BCUT2D eigenvalue weighted by Gasteiger charge is 2.31. The van der Waals surface area contributed by atoms with E-state index in [1.807, 2.05) is 0 Å². The molecule has 2 aromatic rings. The van der Waals surface area contributed by atoms with Crippen molar-refractivity contribution in [2.24, 2.45) is 5.92 Å². The normalized spacial score (nSPS) is 16.9. The molecule has 0 aromatic heterocycles. The third-order valence-corrected chi connectivity index (χ3v) is 4.57. The number of fused-ring (bicyclic) bond motifs is 1. The monoisotopic (exact) mass is 347 g/mol. The van der Waals surface area contributed by atoms with Gasteiger partial charge in [-0.2, -0.15) is 0 Å². The van der Waals surface area contributed by atoms with Crippen molar-refractivity contribution in [3.8, 4) is 0 Å². The minimum absolute atomic E-state index is 0.0370. The molecule has 0 bridgehead atoms. The highest BCUT2D eigenvalue weighted by Crippen LogP contribution is 2.34. The van der Waals surface area contributed by atoms with Gasteiger partial charge in [-0.15, -0.1) is 0 Å². The molecule has 1 unspecified atom stereocenters. The zero-order chi connectivity index (χ0) is 17.4. The number of benzene rings is 2. The summed E-state index contributed by atoms with van der Waals surface area (Å²) in [5.41, 5.74) is 1.66. The summed E-state index contributed by atoms with van der Waals surface area (Å²) in [4.78, 5) is 25.2. The van der Waals surface area contributed by atoms with Crippen molar-refractivity contribution in [1.29, 1.82) is 0 Å². The quantitative estimate of drug-likeness (QED) is 0.916. The summed E-state index contributed by atoms with van der Waals surface area (Å²) in [5.74, 6) is -2.01. The highest BCUT2D eigenvalue weighted by atomic mass is 35.5. The predicted octanol–water partition coefficient (Wildman–Crippen LogP) is 3.90. The van der Waals surface area contributed by atoms with Gasteiger partial charge in [0.25, 0.3) is 0 Å². The van der Waals surface area contributed by atoms with Gasteiger partial charge in [0.2, 0.25) is 5.91 Å². The summed E-state index contributed by atoms with van der Waals surface area (Å²) in [6.45, 7) is 1.76. The molecule has 2 aromatic carbocycles. The molecule has 0 radical (unpaired) electrons. The molecule has 1 amide bonds. The fraction of sp³-hybridized carbons (Fsp3) is 0.222. The topological polar surface area (TPSA) is 57.6 Å². The number of carboxylic acids is 1. The smallest absolute Gasteiger partial charge is 0.335 e. The van der Waals surface area contributed by atoms with Crippen LogP contribution in [0.1, 0.15) is 28.4 Å². The van der Waals surface area contributed by atoms with Gasteiger partial charge in [0, 0.05) is 22.2 Å². The molecule has 24 heavy (non-hydrogen) atoms. The molecule has 124 valence electrons. The summed E-state index contributed by atoms with van der Waals surface area (Å²) in [6.07, 6.45) is 0.523. The van der Waals surface area contributed by atoms with Gasteiger partial charge < -0.3 is 10.0 Å². The zero-order valence-corrected chi connectivity index (χ0v) is 13.7. The van der Waals surface area contributed by atoms with Crippen LogP contribution in [-0.2, 0) is 17.8 Å². The van der Waals surface area contributed by atoms with E-state index in [1.165, 1.54) is 29.2 Å². The average Bonchev–Trinajstić information content (AvgIpc) is 2.54. The van der Waals surface area contributed by atoms with Crippen LogP contribution in [-0.4, -0.2) is 17.0 Å². The van der Waals surface area contributed by atoms with E-state index in [-0.39, 0.29) is 34.5 Å². The lowest BCUT2D eigenvalue weighted by Gasteiger charge is -2.33. The minimum Gasteiger partial charge on any atom is -0.478 e. The number of amides is 1. The van der Waals surface area contributed by atoms with Gasteiger partial charge in [0.15, 0.2) is 0 Å². The maximum Gasteiger partial charge on any atom is 0.335 e. The van der Waals surface area contributed by atoms with E-state index >= 15 is 0 Å². The first kappa shape index (κ1) is 16.5. The second-order valence-corrected chi connectivity index (χ2v) is 6.29. The van der Waals surface area contributed by atoms with Crippen LogP contribution in [0.4, 0.5) is 10.1 Å². The Balaban J connectivity index is 2.08. The number of rotatable bonds is 3. The second kappa shape index (κ2) is 6.24. The lowest BCUT2D eigenvalue weighted by atomic mass is 9.91. The molecule has 0 spiro atoms. The maximum atomic E-state index is 14.1. The van der Waals surface area contributed by atoms with Crippen molar-refractivity contribution in [3.05, 3.63) is 63.9 Å². The Morgan fingerprint density at radius 1 is 1.38 bits per heavy atom. The Labute approximate surface area is 143 Å². The summed E-state index contributed by atoms with van der Waals surface area (Å²) >= 11 is 6.07. The third kappa shape index (κ3) is 2.87. The Morgan fingerprint density at radius 3 is 2.79 bits per heavy atom. The van der Waals surface area contributed by atoms with E-state index < -0.39 is 11.8 Å². The molecular weight excluding hydrogens is 333 g/mol. The van der Waals surface area contributed by atoms with Gasteiger partial charge in [0.1, 0.15) is 5.82 Å². The van der Waals surface area contributed by atoms with Gasteiger partial charge in [-0.05, 0) is 36.2 Å². The highest BCUT2D eigenvalue weighted by molar-refractivity contribution is 6.31. The molecule has 1 aliphatic heterocycles. The van der Waals surface area contributed by atoms with Crippen LogP contribution in [0.2, 0.25) is 5.02 Å². The van der Waals surface area contributed by atoms with Crippen molar-refractivity contribution in [1.82, 2.24) is 0 Å². The molecular formula is C18H15ClFNO3. The Bertz CT molecular complexity index is 817. The van der Waals surface area contributed by atoms with Gasteiger partial charge in [0.05, 0.1) is 12.1 Å². The van der Waals surface area contributed by atoms with Gasteiger partial charge in [-0.3, -0.25) is 4.79 Å². The van der Waals surface area contributed by atoms with E-state index in [2.05, 4.69) is 0 Å². The standard InChI is InChI=1S/C18H15ClFNO3/c1-10-7-11-5-6-12(18(23)24)8-16(11)21(17(10)22)9-13-14(19)3-2-4-15(13)20/h2-6,8,10H,7,9H2,1H3,(H,23,24). The fourth-order valence-electron chi connectivity index (χ4n) is 2.93. The van der Waals surface area contributed by atoms with Crippen LogP contribution in [0.5, 0.6) is 0 Å². The first-order valence-corrected chi connectivity index (χ1v) is 7.86. The Hall–Kier alpha value is -2.40. The number of halogens is 2. The van der Waals surface area contributed by atoms with Crippen LogP contribution >= 0.6 is 11.6 Å². The van der Waals surface area contributed by atoms with Crippen molar-refractivity contribution in [3.63, 3.8) is 0 Å². The first-order valence-electron chi connectivity index (χ1n) is 7.49. The minimum atomic E-state index is -1.08. The molecule has 0 saturated heterocycles. The number of hydrogen-bond donors (Lipinski definition) is 1. The van der Waals surface area contributed by atoms with E-state index in [0.717, 1.165) is 5.56 Å². The molecule has 0 aliphatic carbocycles. The largest absolute Gasteiger partial charge is 0.478 e. The SMILES string of the molecule is CC1Cc2ccc(C(=O)O)cc2N(Cc2c(F)cccc2Cl)C1=O. The number of carbonyl (C=O) groups excluding carboxylic acids is 1. The number of anilines is 1. The molecule has 0 saturated carbocycles. The summed E-state index contributed by atoms with van der Waals surface area (Å²) < 4.78 is 14.1. The van der Waals surface area contributed by atoms with Crippen LogP contribution < -0.4 is 4.90 Å². The summed E-state index contributed by atoms with van der Waals surface area (Å²) in [6, 6.07) is 9.02. The lowest BCUT2D eigenvalue weighted by Crippen LogP contribution is -2.40.